The fraction of sp³-hybridized carbons (Fsp3) is 0.412. The van der Waals surface area contributed by atoms with Gasteiger partial charge in [0.1, 0.15) is 11.5 Å². The van der Waals surface area contributed by atoms with Crippen molar-refractivity contribution in [2.75, 3.05) is 13.6 Å². The molecule has 138 valence electrons. The van der Waals surface area contributed by atoms with Crippen LogP contribution in [0, 0.1) is 12.7 Å². The number of halogens is 1. The van der Waals surface area contributed by atoms with Crippen molar-refractivity contribution in [1.82, 2.24) is 30.9 Å². The standard InChI is InChI=1S/C17H21FN6O2/c1-10-5-11(3-4-14(10)18)16(25)21-7-12-9-24(23-22-12)13-6-15(20-8-13)17(26)19-2/h3-5,9,13,15,20H,6-8H2,1-2H3,(H,19,26)(H,21,25). The van der Waals surface area contributed by atoms with E-state index >= 15 is 0 Å². The Morgan fingerprint density at radius 2 is 2.23 bits per heavy atom. The molecule has 3 N–H and O–H groups in total. The van der Waals surface area contributed by atoms with E-state index in [0.29, 0.717) is 29.8 Å². The molecule has 8 nitrogen and oxygen atoms in total. The van der Waals surface area contributed by atoms with Gasteiger partial charge in [-0.05, 0) is 37.1 Å². The molecule has 0 radical (unpaired) electrons. The highest BCUT2D eigenvalue weighted by Crippen LogP contribution is 2.19. The maximum atomic E-state index is 13.3. The van der Waals surface area contributed by atoms with Crippen molar-refractivity contribution in [3.05, 3.63) is 47.0 Å². The zero-order valence-corrected chi connectivity index (χ0v) is 14.6. The van der Waals surface area contributed by atoms with Crippen molar-refractivity contribution in [2.24, 2.45) is 0 Å². The third-order valence-electron chi connectivity index (χ3n) is 4.45. The van der Waals surface area contributed by atoms with Crippen LogP contribution in [-0.2, 0) is 11.3 Å². The summed E-state index contributed by atoms with van der Waals surface area (Å²) < 4.78 is 15.0. The third-order valence-corrected chi connectivity index (χ3v) is 4.45. The first-order chi connectivity index (χ1) is 12.5. The summed E-state index contributed by atoms with van der Waals surface area (Å²) in [5.74, 6) is -0.690. The van der Waals surface area contributed by atoms with E-state index in [-0.39, 0.29) is 36.3 Å². The largest absolute Gasteiger partial charge is 0.358 e. The highest BCUT2D eigenvalue weighted by Gasteiger charge is 2.30. The first kappa shape index (κ1) is 18.0. The van der Waals surface area contributed by atoms with Crippen molar-refractivity contribution in [3.8, 4) is 0 Å². The highest BCUT2D eigenvalue weighted by atomic mass is 19.1. The van der Waals surface area contributed by atoms with E-state index in [9.17, 15) is 14.0 Å². The zero-order valence-electron chi connectivity index (χ0n) is 14.6. The van der Waals surface area contributed by atoms with Gasteiger partial charge in [0.25, 0.3) is 5.91 Å². The number of rotatable bonds is 5. The third kappa shape index (κ3) is 3.88. The summed E-state index contributed by atoms with van der Waals surface area (Å²) in [5, 5.41) is 16.7. The van der Waals surface area contributed by atoms with E-state index in [2.05, 4.69) is 26.3 Å². The SMILES string of the molecule is CNC(=O)C1CC(n2cc(CNC(=O)c3ccc(F)c(C)c3)nn2)CN1. The topological polar surface area (TPSA) is 101 Å². The number of carbonyl (C=O) groups excluding carboxylic acids is 2. The first-order valence-corrected chi connectivity index (χ1v) is 8.38. The molecule has 1 aromatic heterocycles. The van der Waals surface area contributed by atoms with E-state index in [1.165, 1.54) is 18.2 Å². The monoisotopic (exact) mass is 360 g/mol. The molecule has 26 heavy (non-hydrogen) atoms. The van der Waals surface area contributed by atoms with Gasteiger partial charge in [-0.3, -0.25) is 9.59 Å². The van der Waals surface area contributed by atoms with Crippen LogP contribution in [0.1, 0.15) is 34.1 Å². The Hall–Kier alpha value is -2.81. The summed E-state index contributed by atoms with van der Waals surface area (Å²) >= 11 is 0. The lowest BCUT2D eigenvalue weighted by atomic mass is 10.1. The van der Waals surface area contributed by atoms with Gasteiger partial charge in [-0.2, -0.15) is 0 Å². The molecule has 1 aromatic carbocycles. The molecule has 2 atom stereocenters. The van der Waals surface area contributed by atoms with Crippen LogP contribution >= 0.6 is 0 Å². The highest BCUT2D eigenvalue weighted by molar-refractivity contribution is 5.94. The molecule has 0 aliphatic carbocycles. The molecule has 9 heteroatoms. The van der Waals surface area contributed by atoms with Gasteiger partial charge in [-0.25, -0.2) is 9.07 Å². The Balaban J connectivity index is 1.56. The normalized spacial score (nSPS) is 19.3. The van der Waals surface area contributed by atoms with Crippen LogP contribution in [0.15, 0.2) is 24.4 Å². The smallest absolute Gasteiger partial charge is 0.251 e. The predicted octanol–water partition coefficient (Wildman–Crippen LogP) is 0.305. The minimum absolute atomic E-state index is 0.0361. The van der Waals surface area contributed by atoms with Crippen molar-refractivity contribution < 1.29 is 14.0 Å². The van der Waals surface area contributed by atoms with Crippen molar-refractivity contribution in [3.63, 3.8) is 0 Å². The molecule has 2 heterocycles. The lowest BCUT2D eigenvalue weighted by Crippen LogP contribution is -2.38. The van der Waals surface area contributed by atoms with Gasteiger partial charge in [0.2, 0.25) is 5.91 Å². The lowest BCUT2D eigenvalue weighted by molar-refractivity contribution is -0.122. The maximum absolute atomic E-state index is 13.3. The number of hydrogen-bond donors (Lipinski definition) is 3. The predicted molar refractivity (Wildman–Crippen MR) is 91.8 cm³/mol. The minimum Gasteiger partial charge on any atom is -0.358 e. The average Bonchev–Trinajstić information content (AvgIpc) is 3.30. The van der Waals surface area contributed by atoms with Gasteiger partial charge < -0.3 is 16.0 Å². The summed E-state index contributed by atoms with van der Waals surface area (Å²) in [5.41, 5.74) is 1.42. The molecular weight excluding hydrogens is 339 g/mol. The second kappa shape index (κ2) is 7.61. The lowest BCUT2D eigenvalue weighted by Gasteiger charge is -2.09. The number of hydrogen-bond acceptors (Lipinski definition) is 5. The Morgan fingerprint density at radius 3 is 2.96 bits per heavy atom. The molecule has 1 fully saturated rings. The summed E-state index contributed by atoms with van der Waals surface area (Å²) in [6.07, 6.45) is 2.39. The van der Waals surface area contributed by atoms with Crippen molar-refractivity contribution in [2.45, 2.75) is 32.0 Å². The number of aryl methyl sites for hydroxylation is 1. The molecule has 0 spiro atoms. The molecule has 1 aliphatic rings. The summed E-state index contributed by atoms with van der Waals surface area (Å²) in [7, 11) is 1.61. The fourth-order valence-electron chi connectivity index (χ4n) is 2.92. The van der Waals surface area contributed by atoms with Crippen molar-refractivity contribution in [1.29, 1.82) is 0 Å². The molecule has 2 amide bonds. The van der Waals surface area contributed by atoms with Crippen LogP contribution in [0.25, 0.3) is 0 Å². The zero-order chi connectivity index (χ0) is 18.7. The first-order valence-electron chi connectivity index (χ1n) is 8.38. The van der Waals surface area contributed by atoms with Crippen LogP contribution < -0.4 is 16.0 Å². The second-order valence-electron chi connectivity index (χ2n) is 6.30. The molecule has 2 unspecified atom stereocenters. The van der Waals surface area contributed by atoms with E-state index in [1.54, 1.807) is 24.9 Å². The number of carbonyl (C=O) groups is 2. The van der Waals surface area contributed by atoms with Gasteiger partial charge in [0.15, 0.2) is 0 Å². The number of nitrogens with zero attached hydrogens (tertiary/aromatic N) is 3. The summed E-state index contributed by atoms with van der Waals surface area (Å²) in [6, 6.07) is 4.02. The molecule has 0 saturated carbocycles. The maximum Gasteiger partial charge on any atom is 0.251 e. The number of likely N-dealkylation sites (N-methyl/N-ethyl adjacent to an activating group) is 1. The Bertz CT molecular complexity index is 821. The van der Waals surface area contributed by atoms with E-state index in [1.807, 2.05) is 0 Å². The number of amides is 2. The Labute approximate surface area is 150 Å². The summed E-state index contributed by atoms with van der Waals surface area (Å²) in [4.78, 5) is 23.8. The van der Waals surface area contributed by atoms with Crippen LogP contribution in [0.3, 0.4) is 0 Å². The molecular formula is C17H21FN6O2. The number of aromatic nitrogens is 3. The van der Waals surface area contributed by atoms with Gasteiger partial charge in [-0.1, -0.05) is 5.21 Å². The van der Waals surface area contributed by atoms with Crippen LogP contribution in [0.5, 0.6) is 0 Å². The number of nitrogens with one attached hydrogen (secondary N) is 3. The summed E-state index contributed by atoms with van der Waals surface area (Å²) in [6.45, 7) is 2.45. The van der Waals surface area contributed by atoms with Crippen LogP contribution in [-0.4, -0.2) is 46.4 Å². The Kier molecular flexibility index (Phi) is 5.27. The molecule has 1 aliphatic heterocycles. The number of benzene rings is 1. The quantitative estimate of drug-likeness (QED) is 0.712. The van der Waals surface area contributed by atoms with Crippen LogP contribution in [0.2, 0.25) is 0 Å². The molecule has 2 aromatic rings. The molecule has 0 bridgehead atoms. The van der Waals surface area contributed by atoms with E-state index in [4.69, 9.17) is 0 Å². The van der Waals surface area contributed by atoms with Crippen molar-refractivity contribution >= 4 is 11.8 Å². The second-order valence-corrected chi connectivity index (χ2v) is 6.30. The van der Waals surface area contributed by atoms with Gasteiger partial charge in [0.05, 0.1) is 24.8 Å². The van der Waals surface area contributed by atoms with E-state index < -0.39 is 0 Å². The minimum atomic E-state index is -0.343. The van der Waals surface area contributed by atoms with Gasteiger partial charge in [-0.15, -0.1) is 5.10 Å². The average molecular weight is 360 g/mol. The van der Waals surface area contributed by atoms with Gasteiger partial charge >= 0.3 is 0 Å². The fourth-order valence-corrected chi connectivity index (χ4v) is 2.92. The van der Waals surface area contributed by atoms with E-state index in [0.717, 1.165) is 0 Å². The molecule has 1 saturated heterocycles. The molecule has 3 rings (SSSR count). The van der Waals surface area contributed by atoms with Gasteiger partial charge in [0, 0.05) is 19.2 Å². The Morgan fingerprint density at radius 1 is 1.42 bits per heavy atom. The van der Waals surface area contributed by atoms with Crippen LogP contribution in [0.4, 0.5) is 4.39 Å².